The van der Waals surface area contributed by atoms with E-state index in [9.17, 15) is 18.0 Å². The van der Waals surface area contributed by atoms with Crippen LogP contribution in [0.2, 0.25) is 0 Å². The molecule has 3 N–H and O–H groups in total. The molecule has 0 aliphatic rings. The maximum atomic E-state index is 13.4. The second-order valence-electron chi connectivity index (χ2n) is 19.1. The van der Waals surface area contributed by atoms with Crippen LogP contribution in [0.4, 0.5) is 11.4 Å². The van der Waals surface area contributed by atoms with Gasteiger partial charge in [-0.25, -0.2) is 18.4 Å². The average molecular weight is 1130 g/mol. The normalized spacial score (nSPS) is 11.4. The number of para-hydroxylation sites is 2. The van der Waals surface area contributed by atoms with Crippen LogP contribution >= 0.6 is 15.9 Å². The number of benzene rings is 7. The lowest BCUT2D eigenvalue weighted by Crippen LogP contribution is -2.14. The Labute approximate surface area is 464 Å². The summed E-state index contributed by atoms with van der Waals surface area (Å²) in [4.78, 5) is 33.5. The summed E-state index contributed by atoms with van der Waals surface area (Å²) in [6.07, 6.45) is 5.20. The first-order valence-electron chi connectivity index (χ1n) is 26.3. The lowest BCUT2D eigenvalue weighted by Gasteiger charge is -2.15. The number of nitrogens with one attached hydrogen (secondary N) is 1. The molecule has 14 nitrogen and oxygen atoms in total. The molecule has 0 saturated heterocycles. The van der Waals surface area contributed by atoms with Gasteiger partial charge in [-0.2, -0.15) is 0 Å². The van der Waals surface area contributed by atoms with Gasteiger partial charge < -0.3 is 24.7 Å². The first-order valence-corrected chi connectivity index (χ1v) is 28.5. The van der Waals surface area contributed by atoms with Gasteiger partial charge >= 0.3 is 11.9 Å². The van der Waals surface area contributed by atoms with Crippen molar-refractivity contribution in [1.82, 2.24) is 19.1 Å². The average Bonchev–Trinajstić information content (AvgIpc) is 4.02. The fourth-order valence-corrected chi connectivity index (χ4v) is 10.0. The number of fused-ring (bicyclic) bond motifs is 2. The van der Waals surface area contributed by atoms with E-state index in [1.165, 1.54) is 12.1 Å². The van der Waals surface area contributed by atoms with Crippen LogP contribution in [-0.2, 0) is 29.1 Å². The number of esters is 2. The minimum absolute atomic E-state index is 0.0690. The van der Waals surface area contributed by atoms with Gasteiger partial charge in [0, 0.05) is 51.9 Å². The topological polar surface area (TPSA) is 179 Å². The van der Waals surface area contributed by atoms with E-state index >= 15 is 0 Å². The third-order valence-electron chi connectivity index (χ3n) is 12.3. The highest BCUT2D eigenvalue weighted by Gasteiger charge is 2.22. The Morgan fingerprint density at radius 3 is 1.44 bits per heavy atom. The summed E-state index contributed by atoms with van der Waals surface area (Å²) in [6, 6.07) is 53.8. The van der Waals surface area contributed by atoms with E-state index in [1.54, 1.807) is 18.2 Å². The molecule has 0 aliphatic heterocycles. The van der Waals surface area contributed by atoms with Gasteiger partial charge in [-0.3, -0.25) is 23.4 Å². The zero-order valence-electron chi connectivity index (χ0n) is 44.3. The summed E-state index contributed by atoms with van der Waals surface area (Å²) >= 11 is 3.36. The summed E-state index contributed by atoms with van der Waals surface area (Å²) in [5.41, 5.74) is 14.2. The molecule has 0 aliphatic carbocycles. The second-order valence-corrected chi connectivity index (χ2v) is 21.7. The summed E-state index contributed by atoms with van der Waals surface area (Å²) in [5.74, 6) is 2.25. The molecule has 0 saturated carbocycles. The van der Waals surface area contributed by atoms with Gasteiger partial charge in [0.25, 0.3) is 10.0 Å². The highest BCUT2D eigenvalue weighted by Crippen LogP contribution is 2.38. The van der Waals surface area contributed by atoms with Crippen molar-refractivity contribution in [2.45, 2.75) is 96.2 Å². The Hall–Kier alpha value is -7.95. The van der Waals surface area contributed by atoms with Crippen LogP contribution in [0.1, 0.15) is 79.1 Å². The van der Waals surface area contributed by atoms with Gasteiger partial charge in [-0.15, -0.1) is 0 Å². The molecule has 9 rings (SSSR count). The van der Waals surface area contributed by atoms with Crippen molar-refractivity contribution in [2.75, 3.05) is 23.7 Å². The monoisotopic (exact) mass is 1130 g/mol. The number of ether oxygens (including phenoxy) is 4. The number of hydrogen-bond acceptors (Lipinski definition) is 11. The van der Waals surface area contributed by atoms with Crippen molar-refractivity contribution >= 4 is 71.3 Å². The Balaban J connectivity index is 0.000000213. The number of nitrogens with two attached hydrogens (primary N) is 1. The molecule has 0 bridgehead atoms. The van der Waals surface area contributed by atoms with Crippen molar-refractivity contribution in [3.63, 3.8) is 0 Å². The van der Waals surface area contributed by atoms with Crippen molar-refractivity contribution in [3.05, 3.63) is 174 Å². The van der Waals surface area contributed by atoms with Crippen LogP contribution in [0.15, 0.2) is 179 Å². The fourth-order valence-electron chi connectivity index (χ4n) is 8.71. The first-order chi connectivity index (χ1) is 37.7. The van der Waals surface area contributed by atoms with Gasteiger partial charge in [0.05, 0.1) is 63.8 Å². The van der Waals surface area contributed by atoms with Crippen molar-refractivity contribution < 1.29 is 37.0 Å². The molecule has 2 heterocycles. The summed E-state index contributed by atoms with van der Waals surface area (Å²) in [5, 5.41) is 0. The van der Waals surface area contributed by atoms with Crippen molar-refractivity contribution in [2.24, 2.45) is 0 Å². The third kappa shape index (κ3) is 15.0. The van der Waals surface area contributed by atoms with E-state index in [1.807, 2.05) is 148 Å². The van der Waals surface area contributed by atoms with Crippen LogP contribution in [0.5, 0.6) is 11.5 Å². The number of carbonyl (C=O) groups is 2. The molecule has 78 heavy (non-hydrogen) atoms. The minimum Gasteiger partial charge on any atom is -0.491 e. The molecule has 9 aromatic rings. The van der Waals surface area contributed by atoms with Gasteiger partial charge in [-0.1, -0.05) is 113 Å². The first kappa shape index (κ1) is 56.3. The van der Waals surface area contributed by atoms with Gasteiger partial charge in [0.1, 0.15) is 23.1 Å². The molecule has 2 aromatic heterocycles. The third-order valence-corrected chi connectivity index (χ3v) is 14.2. The molecule has 0 radical (unpaired) electrons. The van der Waals surface area contributed by atoms with Gasteiger partial charge in [-0.05, 0) is 127 Å². The standard InChI is InChI=1S/C34H34BrN3O5S.C28H31N3O3/c1-24(2)43-33(39)16-10-5-11-21-42-32-23-31-29(22-30(32)37-44(40,41)28-19-17-26(35)18-20-28)36-34(25-12-6-3-7-13-25)38(31)27-14-8-4-9-15-27;1-20(2)34-27(32)16-10-5-11-17-33-26-19-25-24(18-23(26)29)30-28(21-12-6-3-7-13-21)31(25)22-14-8-4-9-15-22/h3-4,6-9,12-15,17-20,22-24,37H,5,10-11,16,21H2,1-2H3;3-4,6-9,12-15,18-20H,5,10-11,16-17,29H2,1-2H3. The Morgan fingerprint density at radius 2 is 0.974 bits per heavy atom. The van der Waals surface area contributed by atoms with Crippen LogP contribution in [0.25, 0.3) is 56.2 Å². The smallest absolute Gasteiger partial charge is 0.306 e. The quantitative estimate of drug-likeness (QED) is 0.0354. The predicted octanol–water partition coefficient (Wildman–Crippen LogP) is 14.3. The SMILES string of the molecule is CC(C)OC(=O)CCCCCOc1cc2c(cc1N)nc(-c1ccccc1)n2-c1ccccc1.CC(C)OC(=O)CCCCCOc1cc2c(cc1NS(=O)(=O)c1ccc(Br)cc1)nc(-c1ccccc1)n2-c1ccccc1. The number of rotatable bonds is 23. The fraction of sp³-hybridized carbons (Fsp3) is 0.258. The van der Waals surface area contributed by atoms with E-state index in [4.69, 9.17) is 34.6 Å². The highest BCUT2D eigenvalue weighted by atomic mass is 79.9. The number of nitrogen functional groups attached to an aromatic ring is 1. The molecule has 0 amide bonds. The lowest BCUT2D eigenvalue weighted by molar-refractivity contribution is -0.148. The Bertz CT molecular complexity index is 3520. The Morgan fingerprint density at radius 1 is 0.551 bits per heavy atom. The number of nitrogens with zero attached hydrogens (tertiary/aromatic N) is 4. The second kappa shape index (κ2) is 26.9. The molecule has 404 valence electrons. The number of unbranched alkanes of at least 4 members (excludes halogenated alkanes) is 4. The zero-order chi connectivity index (χ0) is 55.0. The maximum absolute atomic E-state index is 13.4. The number of aromatic nitrogens is 4. The number of sulfonamides is 1. The van der Waals surface area contributed by atoms with E-state index in [2.05, 4.69) is 49.5 Å². The summed E-state index contributed by atoms with van der Waals surface area (Å²) in [7, 11) is -3.92. The zero-order valence-corrected chi connectivity index (χ0v) is 46.7. The molecule has 16 heteroatoms. The summed E-state index contributed by atoms with van der Waals surface area (Å²) in [6.45, 7) is 8.25. The molecule has 0 spiro atoms. The van der Waals surface area contributed by atoms with E-state index in [-0.39, 0.29) is 29.0 Å². The van der Waals surface area contributed by atoms with Crippen molar-refractivity contribution in [1.29, 1.82) is 0 Å². The number of hydrogen-bond donors (Lipinski definition) is 2. The van der Waals surface area contributed by atoms with Crippen molar-refractivity contribution in [3.8, 4) is 45.6 Å². The number of anilines is 2. The lowest BCUT2D eigenvalue weighted by atomic mass is 10.2. The molecule has 0 fully saturated rings. The molecular formula is C62H65BrN6O8S. The van der Waals surface area contributed by atoms with Crippen LogP contribution in [0, 0.1) is 0 Å². The molecule has 7 aromatic carbocycles. The van der Waals surface area contributed by atoms with E-state index in [0.717, 1.165) is 80.9 Å². The largest absolute Gasteiger partial charge is 0.491 e. The van der Waals surface area contributed by atoms with Gasteiger partial charge in [0.15, 0.2) is 0 Å². The van der Waals surface area contributed by atoms with E-state index < -0.39 is 10.0 Å². The minimum atomic E-state index is -3.92. The van der Waals surface area contributed by atoms with Crippen LogP contribution in [0.3, 0.4) is 0 Å². The van der Waals surface area contributed by atoms with Crippen LogP contribution in [-0.4, -0.2) is 64.9 Å². The molecular weight excluding hydrogens is 1070 g/mol. The van der Waals surface area contributed by atoms with E-state index in [0.29, 0.717) is 67.3 Å². The predicted molar refractivity (Wildman–Crippen MR) is 313 cm³/mol. The Kier molecular flexibility index (Phi) is 19.4. The molecule has 0 unspecified atom stereocenters. The molecule has 0 atom stereocenters. The number of imidazole rings is 2. The summed E-state index contributed by atoms with van der Waals surface area (Å²) < 4.78 is 57.2. The van der Waals surface area contributed by atoms with Crippen LogP contribution < -0.4 is 19.9 Å². The maximum Gasteiger partial charge on any atom is 0.306 e. The number of halogens is 1. The van der Waals surface area contributed by atoms with Gasteiger partial charge in [0.2, 0.25) is 0 Å². The number of carbonyl (C=O) groups excluding carboxylic acids is 2. The highest BCUT2D eigenvalue weighted by molar-refractivity contribution is 9.10.